The molecule has 0 aliphatic rings. The van der Waals surface area contributed by atoms with Crippen LogP contribution in [0.5, 0.6) is 0 Å². The first-order chi connectivity index (χ1) is 10.0. The van der Waals surface area contributed by atoms with Gasteiger partial charge in [0.25, 0.3) is 5.91 Å². The zero-order valence-electron chi connectivity index (χ0n) is 10.5. The standard InChI is InChI=1S/C11H9ClFN5O3/c12-7-1-2-8(13)9(3-7)15-10(19)5-21-11(20)4-18-6-14-16-17-18/h1-3,6H,4-5H2,(H,15,19). The zero-order chi connectivity index (χ0) is 15.2. The van der Waals surface area contributed by atoms with Crippen molar-refractivity contribution >= 4 is 29.2 Å². The zero-order valence-corrected chi connectivity index (χ0v) is 11.2. The number of tetrazole rings is 1. The molecule has 0 aliphatic heterocycles. The van der Waals surface area contributed by atoms with E-state index >= 15 is 0 Å². The SMILES string of the molecule is O=C(COC(=O)Cn1cnnn1)Nc1cc(Cl)ccc1F. The number of esters is 1. The van der Waals surface area contributed by atoms with Crippen molar-refractivity contribution in [1.29, 1.82) is 0 Å². The molecule has 1 aromatic carbocycles. The van der Waals surface area contributed by atoms with Crippen molar-refractivity contribution in [2.45, 2.75) is 6.54 Å². The van der Waals surface area contributed by atoms with Gasteiger partial charge in [0.1, 0.15) is 18.7 Å². The predicted molar refractivity (Wildman–Crippen MR) is 68.8 cm³/mol. The number of rotatable bonds is 5. The molecule has 110 valence electrons. The van der Waals surface area contributed by atoms with Crippen LogP contribution in [0.2, 0.25) is 5.02 Å². The number of carbonyl (C=O) groups excluding carboxylic acids is 2. The third-order valence-corrected chi connectivity index (χ3v) is 2.48. The molecule has 21 heavy (non-hydrogen) atoms. The first kappa shape index (κ1) is 14.9. The van der Waals surface area contributed by atoms with Crippen molar-refractivity contribution in [2.24, 2.45) is 0 Å². The van der Waals surface area contributed by atoms with E-state index in [1.165, 1.54) is 18.5 Å². The Hall–Kier alpha value is -2.55. The summed E-state index contributed by atoms with van der Waals surface area (Å²) in [7, 11) is 0. The summed E-state index contributed by atoms with van der Waals surface area (Å²) in [6.45, 7) is -0.793. The minimum absolute atomic E-state index is 0.0935. The highest BCUT2D eigenvalue weighted by Crippen LogP contribution is 2.19. The Morgan fingerprint density at radius 2 is 2.24 bits per heavy atom. The van der Waals surface area contributed by atoms with Crippen LogP contribution in [-0.4, -0.2) is 38.7 Å². The monoisotopic (exact) mass is 313 g/mol. The van der Waals surface area contributed by atoms with E-state index in [9.17, 15) is 14.0 Å². The van der Waals surface area contributed by atoms with E-state index in [0.717, 1.165) is 10.7 Å². The summed E-state index contributed by atoms with van der Waals surface area (Å²) in [6.07, 6.45) is 1.22. The van der Waals surface area contributed by atoms with Crippen LogP contribution in [0.4, 0.5) is 10.1 Å². The molecule has 1 amide bonds. The van der Waals surface area contributed by atoms with E-state index in [1.807, 2.05) is 0 Å². The van der Waals surface area contributed by atoms with Gasteiger partial charge in [-0.25, -0.2) is 9.07 Å². The van der Waals surface area contributed by atoms with Gasteiger partial charge in [0.15, 0.2) is 6.61 Å². The molecule has 1 heterocycles. The summed E-state index contributed by atoms with van der Waals surface area (Å²) in [5, 5.41) is 12.6. The van der Waals surface area contributed by atoms with Crippen molar-refractivity contribution in [2.75, 3.05) is 11.9 Å². The molecule has 0 unspecified atom stereocenters. The Balaban J connectivity index is 1.82. The minimum atomic E-state index is -0.705. The highest BCUT2D eigenvalue weighted by atomic mass is 35.5. The van der Waals surface area contributed by atoms with E-state index in [0.29, 0.717) is 0 Å². The normalized spacial score (nSPS) is 10.2. The van der Waals surface area contributed by atoms with Gasteiger partial charge < -0.3 is 10.1 Å². The van der Waals surface area contributed by atoms with Gasteiger partial charge in [0.05, 0.1) is 5.69 Å². The van der Waals surface area contributed by atoms with Crippen molar-refractivity contribution < 1.29 is 18.7 Å². The van der Waals surface area contributed by atoms with E-state index < -0.39 is 24.3 Å². The maximum atomic E-state index is 13.4. The first-order valence-corrected chi connectivity index (χ1v) is 6.03. The van der Waals surface area contributed by atoms with Gasteiger partial charge in [-0.05, 0) is 28.6 Å². The van der Waals surface area contributed by atoms with Crippen LogP contribution in [0.15, 0.2) is 24.5 Å². The molecule has 0 aliphatic carbocycles. The summed E-state index contributed by atoms with van der Waals surface area (Å²) >= 11 is 5.68. The molecule has 2 rings (SSSR count). The van der Waals surface area contributed by atoms with Gasteiger partial charge in [-0.15, -0.1) is 5.10 Å². The molecule has 0 spiro atoms. The number of benzene rings is 1. The summed E-state index contributed by atoms with van der Waals surface area (Å²) in [5.74, 6) is -2.04. The van der Waals surface area contributed by atoms with Crippen molar-refractivity contribution in [1.82, 2.24) is 20.2 Å². The van der Waals surface area contributed by atoms with Crippen LogP contribution in [-0.2, 0) is 20.9 Å². The average Bonchev–Trinajstić information content (AvgIpc) is 2.93. The molecular weight excluding hydrogens is 305 g/mol. The average molecular weight is 314 g/mol. The number of nitrogens with zero attached hydrogens (tertiary/aromatic N) is 4. The van der Waals surface area contributed by atoms with Crippen molar-refractivity contribution in [3.05, 3.63) is 35.4 Å². The number of hydrogen-bond donors (Lipinski definition) is 1. The molecule has 0 fully saturated rings. The Bertz CT molecular complexity index is 649. The van der Waals surface area contributed by atoms with E-state index in [-0.39, 0.29) is 17.3 Å². The molecule has 8 nitrogen and oxygen atoms in total. The summed E-state index contributed by atoms with van der Waals surface area (Å²) in [5.41, 5.74) is -0.0935. The quantitative estimate of drug-likeness (QED) is 0.814. The van der Waals surface area contributed by atoms with Crippen molar-refractivity contribution in [3.8, 4) is 0 Å². The van der Waals surface area contributed by atoms with Crippen LogP contribution in [0, 0.1) is 5.82 Å². The number of aromatic nitrogens is 4. The van der Waals surface area contributed by atoms with Gasteiger partial charge in [-0.2, -0.15) is 0 Å². The highest BCUT2D eigenvalue weighted by Gasteiger charge is 2.11. The van der Waals surface area contributed by atoms with Crippen LogP contribution < -0.4 is 5.32 Å². The fraction of sp³-hybridized carbons (Fsp3) is 0.182. The molecule has 1 N–H and O–H groups in total. The van der Waals surface area contributed by atoms with Gasteiger partial charge in [-0.1, -0.05) is 11.6 Å². The fourth-order valence-electron chi connectivity index (χ4n) is 1.36. The van der Waals surface area contributed by atoms with E-state index in [4.69, 9.17) is 16.3 Å². The molecular formula is C11H9ClFN5O3. The van der Waals surface area contributed by atoms with Gasteiger partial charge in [0, 0.05) is 5.02 Å². The summed E-state index contributed by atoms with van der Waals surface area (Å²) < 4.78 is 19.2. The lowest BCUT2D eigenvalue weighted by atomic mass is 10.3. The first-order valence-electron chi connectivity index (χ1n) is 5.66. The lowest BCUT2D eigenvalue weighted by Gasteiger charge is -2.07. The Kier molecular flexibility index (Phi) is 4.77. The Morgan fingerprint density at radius 1 is 1.43 bits per heavy atom. The number of anilines is 1. The van der Waals surface area contributed by atoms with Crippen LogP contribution in [0.1, 0.15) is 0 Å². The topological polar surface area (TPSA) is 99.0 Å². The summed E-state index contributed by atoms with van der Waals surface area (Å²) in [6, 6.07) is 3.71. The highest BCUT2D eigenvalue weighted by molar-refractivity contribution is 6.30. The second-order valence-electron chi connectivity index (χ2n) is 3.84. The van der Waals surface area contributed by atoms with Crippen LogP contribution in [0.25, 0.3) is 0 Å². The number of hydrogen-bond acceptors (Lipinski definition) is 6. The third-order valence-electron chi connectivity index (χ3n) is 2.25. The van der Waals surface area contributed by atoms with E-state index in [2.05, 4.69) is 20.8 Å². The molecule has 2 aromatic rings. The minimum Gasteiger partial charge on any atom is -0.454 e. The van der Waals surface area contributed by atoms with Crippen LogP contribution in [0.3, 0.4) is 0 Å². The smallest absolute Gasteiger partial charge is 0.328 e. The second kappa shape index (κ2) is 6.75. The Morgan fingerprint density at radius 3 is 2.95 bits per heavy atom. The number of amides is 1. The molecule has 1 aromatic heterocycles. The molecule has 0 bridgehead atoms. The van der Waals surface area contributed by atoms with Gasteiger partial charge in [0.2, 0.25) is 0 Å². The maximum absolute atomic E-state index is 13.4. The lowest BCUT2D eigenvalue weighted by Crippen LogP contribution is -2.23. The van der Waals surface area contributed by atoms with Gasteiger partial charge in [-0.3, -0.25) is 9.59 Å². The second-order valence-corrected chi connectivity index (χ2v) is 4.28. The molecule has 10 heteroatoms. The van der Waals surface area contributed by atoms with Crippen LogP contribution >= 0.6 is 11.6 Å². The summed E-state index contributed by atoms with van der Waals surface area (Å²) in [4.78, 5) is 22.9. The third kappa shape index (κ3) is 4.49. The maximum Gasteiger partial charge on any atom is 0.328 e. The predicted octanol–water partition coefficient (Wildman–Crippen LogP) is 0.647. The lowest BCUT2D eigenvalue weighted by molar-refractivity contribution is -0.148. The fourth-order valence-corrected chi connectivity index (χ4v) is 1.53. The van der Waals surface area contributed by atoms with Crippen molar-refractivity contribution in [3.63, 3.8) is 0 Å². The van der Waals surface area contributed by atoms with Gasteiger partial charge >= 0.3 is 5.97 Å². The molecule has 0 atom stereocenters. The molecule has 0 radical (unpaired) electrons. The number of halogens is 2. The number of nitrogens with one attached hydrogen (secondary N) is 1. The largest absolute Gasteiger partial charge is 0.454 e. The molecule has 0 saturated carbocycles. The number of carbonyl (C=O) groups is 2. The molecule has 0 saturated heterocycles. The number of ether oxygens (including phenoxy) is 1. The van der Waals surface area contributed by atoms with E-state index in [1.54, 1.807) is 0 Å². The Labute approximate surface area is 122 Å².